The Morgan fingerprint density at radius 3 is 2.94 bits per heavy atom. The maximum Gasteiger partial charge on any atom is 0.0494 e. The van der Waals surface area contributed by atoms with Gasteiger partial charge in [-0.3, -0.25) is 0 Å². The van der Waals surface area contributed by atoms with Gasteiger partial charge in [0.05, 0.1) is 0 Å². The number of nitrogens with one attached hydrogen (secondary N) is 1. The van der Waals surface area contributed by atoms with E-state index in [4.69, 9.17) is 0 Å². The Balaban J connectivity index is 2.16. The third kappa shape index (κ3) is 1.90. The number of aromatic nitrogens is 1. The van der Waals surface area contributed by atoms with Crippen molar-refractivity contribution in [2.24, 2.45) is 7.05 Å². The van der Waals surface area contributed by atoms with Gasteiger partial charge < -0.3 is 9.88 Å². The molecule has 1 aromatic heterocycles. The van der Waals surface area contributed by atoms with E-state index in [0.29, 0.717) is 5.92 Å². The summed E-state index contributed by atoms with van der Waals surface area (Å²) in [4.78, 5) is 0. The Labute approximate surface area is 116 Å². The smallest absolute Gasteiger partial charge is 0.0494 e. The fourth-order valence-electron chi connectivity index (χ4n) is 3.28. The Kier molecular flexibility index (Phi) is 3.20. The van der Waals surface area contributed by atoms with Crippen LogP contribution in [0.3, 0.4) is 0 Å². The first-order valence-electron chi connectivity index (χ1n) is 6.63. The molecule has 1 aromatic carbocycles. The zero-order valence-electron chi connectivity index (χ0n) is 11.0. The summed E-state index contributed by atoms with van der Waals surface area (Å²) >= 11 is 3.57. The summed E-state index contributed by atoms with van der Waals surface area (Å²) in [6.07, 6.45) is 2.59. The summed E-state index contributed by atoms with van der Waals surface area (Å²) < 4.78 is 3.54. The van der Waals surface area contributed by atoms with Crippen LogP contribution in [0.5, 0.6) is 0 Å². The van der Waals surface area contributed by atoms with Gasteiger partial charge in [-0.05, 0) is 44.0 Å². The lowest BCUT2D eigenvalue weighted by atomic mass is 9.93. The molecule has 1 aliphatic rings. The number of piperidine rings is 1. The molecule has 0 radical (unpaired) electrons. The van der Waals surface area contributed by atoms with Gasteiger partial charge in [0.1, 0.15) is 0 Å². The highest BCUT2D eigenvalue weighted by Gasteiger charge is 2.22. The van der Waals surface area contributed by atoms with E-state index in [1.165, 1.54) is 41.5 Å². The number of benzene rings is 1. The third-order valence-electron chi connectivity index (χ3n) is 4.15. The Morgan fingerprint density at radius 2 is 2.22 bits per heavy atom. The van der Waals surface area contributed by atoms with Crippen molar-refractivity contribution < 1.29 is 0 Å². The van der Waals surface area contributed by atoms with Crippen LogP contribution < -0.4 is 5.32 Å². The molecule has 18 heavy (non-hydrogen) atoms. The van der Waals surface area contributed by atoms with Crippen LogP contribution in [0.2, 0.25) is 0 Å². The molecule has 3 rings (SSSR count). The average Bonchev–Trinajstić information content (AvgIpc) is 2.63. The molecule has 1 unspecified atom stereocenters. The molecule has 1 saturated heterocycles. The molecule has 96 valence electrons. The monoisotopic (exact) mass is 306 g/mol. The topological polar surface area (TPSA) is 17.0 Å². The molecule has 2 aromatic rings. The fraction of sp³-hybridized carbons (Fsp3) is 0.467. The molecule has 0 saturated carbocycles. The van der Waals surface area contributed by atoms with Crippen molar-refractivity contribution in [1.82, 2.24) is 9.88 Å². The normalized spacial score (nSPS) is 20.5. The summed E-state index contributed by atoms with van der Waals surface area (Å²) in [5.74, 6) is 0.662. The number of hydrogen-bond donors (Lipinski definition) is 1. The highest BCUT2D eigenvalue weighted by atomic mass is 79.9. The van der Waals surface area contributed by atoms with Gasteiger partial charge in [0, 0.05) is 40.6 Å². The predicted molar refractivity (Wildman–Crippen MR) is 80.2 cm³/mol. The minimum absolute atomic E-state index is 0.662. The molecule has 2 nitrogen and oxygen atoms in total. The second-order valence-electron chi connectivity index (χ2n) is 5.27. The highest BCUT2D eigenvalue weighted by Crippen LogP contribution is 2.34. The van der Waals surface area contributed by atoms with Crippen molar-refractivity contribution in [1.29, 1.82) is 0 Å². The van der Waals surface area contributed by atoms with Crippen LogP contribution in [0.25, 0.3) is 10.9 Å². The maximum atomic E-state index is 3.57. The lowest BCUT2D eigenvalue weighted by Crippen LogP contribution is -2.29. The van der Waals surface area contributed by atoms with Gasteiger partial charge in [0.15, 0.2) is 0 Å². The van der Waals surface area contributed by atoms with Crippen LogP contribution in [-0.2, 0) is 7.05 Å². The molecule has 1 atom stereocenters. The fourth-order valence-corrected chi connectivity index (χ4v) is 3.63. The van der Waals surface area contributed by atoms with E-state index in [1.807, 2.05) is 0 Å². The second kappa shape index (κ2) is 4.71. The summed E-state index contributed by atoms with van der Waals surface area (Å²) in [6.45, 7) is 4.55. The number of halogens is 1. The van der Waals surface area contributed by atoms with E-state index in [9.17, 15) is 0 Å². The van der Waals surface area contributed by atoms with E-state index in [2.05, 4.69) is 58.0 Å². The first-order valence-corrected chi connectivity index (χ1v) is 7.43. The Hall–Kier alpha value is -0.800. The van der Waals surface area contributed by atoms with Crippen molar-refractivity contribution in [2.45, 2.75) is 25.7 Å². The molecule has 0 bridgehead atoms. The number of aryl methyl sites for hydroxylation is 2. The largest absolute Gasteiger partial charge is 0.347 e. The van der Waals surface area contributed by atoms with Gasteiger partial charge in [-0.25, -0.2) is 0 Å². The van der Waals surface area contributed by atoms with Gasteiger partial charge in [0.25, 0.3) is 0 Å². The zero-order valence-corrected chi connectivity index (χ0v) is 12.5. The van der Waals surface area contributed by atoms with Gasteiger partial charge in [-0.2, -0.15) is 0 Å². The lowest BCUT2D eigenvalue weighted by Gasteiger charge is -2.24. The minimum atomic E-state index is 0.662. The average molecular weight is 307 g/mol. The van der Waals surface area contributed by atoms with Crippen LogP contribution in [0.4, 0.5) is 0 Å². The third-order valence-corrected chi connectivity index (χ3v) is 4.65. The predicted octanol–water partition coefficient (Wildman–Crippen LogP) is 3.72. The minimum Gasteiger partial charge on any atom is -0.347 e. The lowest BCUT2D eigenvalue weighted by molar-refractivity contribution is 0.447. The molecule has 0 aliphatic carbocycles. The van der Waals surface area contributed by atoms with Crippen LogP contribution in [-0.4, -0.2) is 17.7 Å². The van der Waals surface area contributed by atoms with E-state index in [0.717, 1.165) is 11.0 Å². The number of rotatable bonds is 1. The van der Waals surface area contributed by atoms with Crippen molar-refractivity contribution in [3.63, 3.8) is 0 Å². The van der Waals surface area contributed by atoms with Gasteiger partial charge in [0.2, 0.25) is 0 Å². The first kappa shape index (κ1) is 12.2. The highest BCUT2D eigenvalue weighted by molar-refractivity contribution is 9.10. The molecule has 0 spiro atoms. The van der Waals surface area contributed by atoms with E-state index >= 15 is 0 Å². The van der Waals surface area contributed by atoms with E-state index in [1.54, 1.807) is 0 Å². The van der Waals surface area contributed by atoms with Crippen LogP contribution >= 0.6 is 15.9 Å². The summed E-state index contributed by atoms with van der Waals surface area (Å²) in [5.41, 5.74) is 4.30. The van der Waals surface area contributed by atoms with Gasteiger partial charge in [-0.1, -0.05) is 22.0 Å². The van der Waals surface area contributed by atoms with Crippen molar-refractivity contribution in [3.8, 4) is 0 Å². The van der Waals surface area contributed by atoms with Crippen molar-refractivity contribution >= 4 is 26.8 Å². The Bertz CT molecular complexity index is 580. The van der Waals surface area contributed by atoms with Crippen LogP contribution in [0.1, 0.15) is 30.0 Å². The molecule has 1 N–H and O–H groups in total. The maximum absolute atomic E-state index is 3.57. The summed E-state index contributed by atoms with van der Waals surface area (Å²) in [6, 6.07) is 6.59. The van der Waals surface area contributed by atoms with Crippen molar-refractivity contribution in [3.05, 3.63) is 33.9 Å². The van der Waals surface area contributed by atoms with Crippen LogP contribution in [0, 0.1) is 6.92 Å². The molecule has 1 fully saturated rings. The van der Waals surface area contributed by atoms with Gasteiger partial charge >= 0.3 is 0 Å². The van der Waals surface area contributed by atoms with Gasteiger partial charge in [-0.15, -0.1) is 0 Å². The molecule has 2 heterocycles. The molecular formula is C15H19BrN2. The molecule has 0 amide bonds. The van der Waals surface area contributed by atoms with E-state index < -0.39 is 0 Å². The molecular weight excluding hydrogens is 288 g/mol. The zero-order chi connectivity index (χ0) is 12.7. The molecule has 3 heteroatoms. The number of fused-ring (bicyclic) bond motifs is 1. The Morgan fingerprint density at radius 1 is 1.39 bits per heavy atom. The van der Waals surface area contributed by atoms with Crippen molar-refractivity contribution in [2.75, 3.05) is 13.1 Å². The first-order chi connectivity index (χ1) is 8.68. The van der Waals surface area contributed by atoms with E-state index in [-0.39, 0.29) is 0 Å². The summed E-state index contributed by atoms with van der Waals surface area (Å²) in [7, 11) is 2.20. The quantitative estimate of drug-likeness (QED) is 0.850. The standard InChI is InChI=1S/C15H19BrN2/c1-10-13-6-5-12(16)8-14(13)18(2)15(10)11-4-3-7-17-9-11/h5-6,8,11,17H,3-4,7,9H2,1-2H3. The SMILES string of the molecule is Cc1c(C2CCCNC2)n(C)c2cc(Br)ccc12. The second-order valence-corrected chi connectivity index (χ2v) is 6.19. The number of hydrogen-bond acceptors (Lipinski definition) is 1. The number of nitrogens with zero attached hydrogens (tertiary/aromatic N) is 1. The molecule has 1 aliphatic heterocycles. The van der Waals surface area contributed by atoms with Crippen LogP contribution in [0.15, 0.2) is 22.7 Å². The summed E-state index contributed by atoms with van der Waals surface area (Å²) in [5, 5.41) is 4.91.